The number of rotatable bonds is 3. The quantitative estimate of drug-likeness (QED) is 0.828. The third-order valence-electron chi connectivity index (χ3n) is 5.91. The fourth-order valence-corrected chi connectivity index (χ4v) is 4.31. The molecule has 4 rings (SSSR count). The fraction of sp³-hybridized carbons (Fsp3) is 0.391. The van der Waals surface area contributed by atoms with E-state index >= 15 is 0 Å². The molecule has 2 amide bonds. The third-order valence-corrected chi connectivity index (χ3v) is 5.91. The van der Waals surface area contributed by atoms with Crippen LogP contribution in [0.15, 0.2) is 36.4 Å². The van der Waals surface area contributed by atoms with Crippen LogP contribution in [0, 0.1) is 12.7 Å². The van der Waals surface area contributed by atoms with Crippen LogP contribution in [-0.2, 0) is 0 Å². The SMILES string of the molecule is CCN1c2cc(C(=O)Nc3ccc(C)c(F)c3)ccc2C(=O)N2CCCCC[C@H]21. The van der Waals surface area contributed by atoms with Gasteiger partial charge in [-0.2, -0.15) is 0 Å². The van der Waals surface area contributed by atoms with Crippen LogP contribution in [0.25, 0.3) is 0 Å². The molecular formula is C23H26FN3O2. The summed E-state index contributed by atoms with van der Waals surface area (Å²) in [5.74, 6) is -0.628. The van der Waals surface area contributed by atoms with Crippen LogP contribution in [0.4, 0.5) is 15.8 Å². The smallest absolute Gasteiger partial charge is 0.257 e. The number of aryl methyl sites for hydroxylation is 1. The lowest BCUT2D eigenvalue weighted by Crippen LogP contribution is -2.55. The summed E-state index contributed by atoms with van der Waals surface area (Å²) in [6, 6.07) is 9.83. The van der Waals surface area contributed by atoms with Gasteiger partial charge in [0, 0.05) is 24.3 Å². The van der Waals surface area contributed by atoms with Gasteiger partial charge in [0.25, 0.3) is 11.8 Å². The molecule has 1 atom stereocenters. The van der Waals surface area contributed by atoms with Crippen LogP contribution in [0.1, 0.15) is 58.9 Å². The molecule has 152 valence electrons. The predicted molar refractivity (Wildman–Crippen MR) is 112 cm³/mol. The Bertz CT molecular complexity index is 959. The maximum Gasteiger partial charge on any atom is 0.257 e. The summed E-state index contributed by atoms with van der Waals surface area (Å²) in [4.78, 5) is 30.0. The first kappa shape index (κ1) is 19.4. The number of hydrogen-bond acceptors (Lipinski definition) is 3. The summed E-state index contributed by atoms with van der Waals surface area (Å²) in [5.41, 5.74) is 2.85. The minimum Gasteiger partial charge on any atom is -0.351 e. The minimum atomic E-state index is -0.357. The number of nitrogens with one attached hydrogen (secondary N) is 1. The van der Waals surface area contributed by atoms with E-state index in [-0.39, 0.29) is 23.8 Å². The first-order chi connectivity index (χ1) is 14.0. The second-order valence-electron chi connectivity index (χ2n) is 7.76. The van der Waals surface area contributed by atoms with E-state index in [4.69, 9.17) is 0 Å². The van der Waals surface area contributed by atoms with Crippen molar-refractivity contribution in [3.05, 3.63) is 58.9 Å². The van der Waals surface area contributed by atoms with E-state index in [1.54, 1.807) is 37.3 Å². The number of nitrogens with zero attached hydrogens (tertiary/aromatic N) is 2. The van der Waals surface area contributed by atoms with Gasteiger partial charge in [0.15, 0.2) is 0 Å². The van der Waals surface area contributed by atoms with Crippen LogP contribution in [0.3, 0.4) is 0 Å². The Balaban J connectivity index is 1.65. The first-order valence-electron chi connectivity index (χ1n) is 10.3. The lowest BCUT2D eigenvalue weighted by molar-refractivity contribution is 0.0656. The van der Waals surface area contributed by atoms with Crippen molar-refractivity contribution < 1.29 is 14.0 Å². The molecule has 0 saturated carbocycles. The third kappa shape index (κ3) is 3.59. The van der Waals surface area contributed by atoms with Gasteiger partial charge in [-0.05, 0) is 69.0 Å². The van der Waals surface area contributed by atoms with Crippen LogP contribution in [-0.4, -0.2) is 36.0 Å². The molecule has 1 N–H and O–H groups in total. The molecule has 0 aliphatic carbocycles. The molecular weight excluding hydrogens is 369 g/mol. The monoisotopic (exact) mass is 395 g/mol. The minimum absolute atomic E-state index is 0.0455. The number of anilines is 2. The Morgan fingerprint density at radius 2 is 2.00 bits per heavy atom. The summed E-state index contributed by atoms with van der Waals surface area (Å²) in [5, 5.41) is 2.75. The van der Waals surface area contributed by atoms with Gasteiger partial charge in [-0.1, -0.05) is 12.5 Å². The summed E-state index contributed by atoms with van der Waals surface area (Å²) in [7, 11) is 0. The van der Waals surface area contributed by atoms with Gasteiger partial charge in [-0.15, -0.1) is 0 Å². The Morgan fingerprint density at radius 3 is 2.76 bits per heavy atom. The Hall–Kier alpha value is -2.89. The molecule has 2 aliphatic heterocycles. The van der Waals surface area contributed by atoms with E-state index in [1.165, 1.54) is 6.07 Å². The highest BCUT2D eigenvalue weighted by Gasteiger charge is 2.37. The molecule has 1 fully saturated rings. The van der Waals surface area contributed by atoms with E-state index in [0.29, 0.717) is 22.4 Å². The van der Waals surface area contributed by atoms with E-state index in [9.17, 15) is 14.0 Å². The zero-order valence-electron chi connectivity index (χ0n) is 16.9. The van der Waals surface area contributed by atoms with Crippen molar-refractivity contribution in [2.24, 2.45) is 0 Å². The number of benzene rings is 2. The highest BCUT2D eigenvalue weighted by atomic mass is 19.1. The van der Waals surface area contributed by atoms with Crippen molar-refractivity contribution in [3.8, 4) is 0 Å². The molecule has 0 unspecified atom stereocenters. The van der Waals surface area contributed by atoms with Gasteiger partial charge in [-0.3, -0.25) is 9.59 Å². The van der Waals surface area contributed by atoms with Crippen molar-refractivity contribution in [3.63, 3.8) is 0 Å². The van der Waals surface area contributed by atoms with Crippen LogP contribution in [0.2, 0.25) is 0 Å². The van der Waals surface area contributed by atoms with Crippen LogP contribution in [0.5, 0.6) is 0 Å². The maximum atomic E-state index is 13.8. The highest BCUT2D eigenvalue weighted by Crippen LogP contribution is 2.35. The van der Waals surface area contributed by atoms with E-state index < -0.39 is 0 Å². The standard InChI is InChI=1S/C23H26FN3O2/c1-3-26-20-13-16(22(28)25-17-10-8-15(2)19(24)14-17)9-11-18(20)23(29)27-12-6-4-5-7-21(26)27/h8-11,13-14,21H,3-7,12H2,1-2H3,(H,25,28)/t21-/m0/s1. The molecule has 0 spiro atoms. The lowest BCUT2D eigenvalue weighted by Gasteiger charge is -2.44. The maximum absolute atomic E-state index is 13.8. The molecule has 0 radical (unpaired) electrons. The van der Waals surface area contributed by atoms with Crippen molar-refractivity contribution in [1.29, 1.82) is 0 Å². The molecule has 5 nitrogen and oxygen atoms in total. The Labute approximate surface area is 170 Å². The van der Waals surface area contributed by atoms with Crippen LogP contribution < -0.4 is 10.2 Å². The Morgan fingerprint density at radius 1 is 1.17 bits per heavy atom. The van der Waals surface area contributed by atoms with E-state index in [1.807, 2.05) is 4.90 Å². The number of halogens is 1. The fourth-order valence-electron chi connectivity index (χ4n) is 4.31. The van der Waals surface area contributed by atoms with Crippen molar-refractivity contribution in [2.75, 3.05) is 23.3 Å². The number of fused-ring (bicyclic) bond motifs is 2. The molecule has 29 heavy (non-hydrogen) atoms. The van der Waals surface area contributed by atoms with Crippen molar-refractivity contribution >= 4 is 23.2 Å². The summed E-state index contributed by atoms with van der Waals surface area (Å²) in [6.45, 7) is 5.29. The van der Waals surface area contributed by atoms with Crippen molar-refractivity contribution in [1.82, 2.24) is 4.90 Å². The molecule has 6 heteroatoms. The van der Waals surface area contributed by atoms with E-state index in [0.717, 1.165) is 44.5 Å². The summed E-state index contributed by atoms with van der Waals surface area (Å²) >= 11 is 0. The summed E-state index contributed by atoms with van der Waals surface area (Å²) in [6.07, 6.45) is 4.25. The molecule has 2 aromatic rings. The van der Waals surface area contributed by atoms with Gasteiger partial charge in [-0.25, -0.2) is 4.39 Å². The molecule has 2 aromatic carbocycles. The second kappa shape index (κ2) is 7.85. The average Bonchev–Trinajstić information content (AvgIpc) is 2.97. The number of carbonyl (C=O) groups excluding carboxylic acids is 2. The zero-order chi connectivity index (χ0) is 20.5. The van der Waals surface area contributed by atoms with Gasteiger partial charge in [0.1, 0.15) is 12.0 Å². The van der Waals surface area contributed by atoms with Gasteiger partial charge < -0.3 is 15.1 Å². The largest absolute Gasteiger partial charge is 0.351 e. The highest BCUT2D eigenvalue weighted by molar-refractivity contribution is 6.08. The topological polar surface area (TPSA) is 52.7 Å². The normalized spacial score (nSPS) is 18.7. The van der Waals surface area contributed by atoms with Gasteiger partial charge in [0.2, 0.25) is 0 Å². The van der Waals surface area contributed by atoms with Crippen molar-refractivity contribution in [2.45, 2.75) is 45.7 Å². The molecule has 1 saturated heterocycles. The van der Waals surface area contributed by atoms with E-state index in [2.05, 4.69) is 17.1 Å². The van der Waals surface area contributed by atoms with Gasteiger partial charge in [0.05, 0.1) is 11.3 Å². The first-order valence-corrected chi connectivity index (χ1v) is 10.3. The number of carbonyl (C=O) groups is 2. The van der Waals surface area contributed by atoms with Crippen LogP contribution >= 0.6 is 0 Å². The Kier molecular flexibility index (Phi) is 5.26. The lowest BCUT2D eigenvalue weighted by atomic mass is 10.0. The zero-order valence-corrected chi connectivity index (χ0v) is 16.9. The molecule has 2 aliphatic rings. The number of hydrogen-bond donors (Lipinski definition) is 1. The number of amides is 2. The second-order valence-corrected chi connectivity index (χ2v) is 7.76. The van der Waals surface area contributed by atoms with Gasteiger partial charge >= 0.3 is 0 Å². The molecule has 2 heterocycles. The molecule has 0 aromatic heterocycles. The predicted octanol–water partition coefficient (Wildman–Crippen LogP) is 4.57. The average molecular weight is 395 g/mol. The summed E-state index contributed by atoms with van der Waals surface area (Å²) < 4.78 is 13.8. The molecule has 0 bridgehead atoms.